The van der Waals surface area contributed by atoms with Crippen molar-refractivity contribution in [2.75, 3.05) is 43.2 Å². The van der Waals surface area contributed by atoms with Crippen LogP contribution in [0.3, 0.4) is 0 Å². The molecule has 2 aromatic heterocycles. The molecule has 0 aliphatic rings. The van der Waals surface area contributed by atoms with Crippen molar-refractivity contribution in [3.8, 4) is 5.75 Å². The van der Waals surface area contributed by atoms with E-state index < -0.39 is 5.91 Å². The number of amides is 2. The fraction of sp³-hybridized carbons (Fsp3) is 0.240. The summed E-state index contributed by atoms with van der Waals surface area (Å²) < 4.78 is 7.54. The molecule has 0 saturated heterocycles. The lowest BCUT2D eigenvalue weighted by atomic mass is 10.2. The number of primary amides is 1. The molecular weight excluding hydrogens is 474 g/mol. The van der Waals surface area contributed by atoms with Gasteiger partial charge in [0.25, 0.3) is 5.91 Å². The van der Waals surface area contributed by atoms with Crippen LogP contribution in [0.25, 0.3) is 10.9 Å². The summed E-state index contributed by atoms with van der Waals surface area (Å²) in [5, 5.41) is 14.3. The summed E-state index contributed by atoms with van der Waals surface area (Å²) in [5.74, 6) is 0.111. The normalized spacial score (nSPS) is 10.9. The number of ether oxygens (including phenoxy) is 1. The zero-order chi connectivity index (χ0) is 26.5. The molecule has 12 nitrogen and oxygen atoms in total. The largest absolute Gasteiger partial charge is 0.490 e. The van der Waals surface area contributed by atoms with Gasteiger partial charge in [0, 0.05) is 44.0 Å². The second-order valence-corrected chi connectivity index (χ2v) is 8.66. The van der Waals surface area contributed by atoms with E-state index in [1.54, 1.807) is 22.9 Å². The maximum Gasteiger partial charge on any atom is 0.254 e. The number of nitrogens with zero attached hydrogens (tertiary/aromatic N) is 5. The summed E-state index contributed by atoms with van der Waals surface area (Å²) in [6, 6.07) is 10.9. The van der Waals surface area contributed by atoms with Crippen molar-refractivity contribution >= 4 is 51.5 Å². The SMILES string of the molecule is CC(=O)Nc1cc(Nc2ncc(C(N)=O)c(Nc3cccc4nn(C)cc34)n2)ccc1OCCN(C)C. The summed E-state index contributed by atoms with van der Waals surface area (Å²) >= 11 is 0. The number of hydrogen-bond acceptors (Lipinski definition) is 9. The molecule has 0 spiro atoms. The average Bonchev–Trinajstić information content (AvgIpc) is 3.21. The number of nitrogens with two attached hydrogens (primary N) is 1. The fourth-order valence-electron chi connectivity index (χ4n) is 3.60. The summed E-state index contributed by atoms with van der Waals surface area (Å²) in [4.78, 5) is 34.6. The molecule has 2 amide bonds. The van der Waals surface area contributed by atoms with Gasteiger partial charge in [-0.25, -0.2) is 4.98 Å². The van der Waals surface area contributed by atoms with E-state index in [2.05, 4.69) is 31.0 Å². The van der Waals surface area contributed by atoms with Crippen molar-refractivity contribution < 1.29 is 14.3 Å². The average molecular weight is 504 g/mol. The predicted molar refractivity (Wildman–Crippen MR) is 143 cm³/mol. The first-order valence-electron chi connectivity index (χ1n) is 11.5. The Morgan fingerprint density at radius 2 is 1.95 bits per heavy atom. The van der Waals surface area contributed by atoms with Crippen molar-refractivity contribution in [2.24, 2.45) is 12.8 Å². The Morgan fingerprint density at radius 1 is 1.14 bits per heavy atom. The number of aryl methyl sites for hydroxylation is 1. The third-order valence-electron chi connectivity index (χ3n) is 5.31. The lowest BCUT2D eigenvalue weighted by Crippen LogP contribution is -2.20. The molecule has 0 unspecified atom stereocenters. The minimum absolute atomic E-state index is 0.134. The highest BCUT2D eigenvalue weighted by molar-refractivity contribution is 6.00. The molecule has 0 radical (unpaired) electrons. The third-order valence-corrected chi connectivity index (χ3v) is 5.31. The van der Waals surface area contributed by atoms with Crippen LogP contribution in [0.5, 0.6) is 5.75 Å². The number of aromatic nitrogens is 4. The van der Waals surface area contributed by atoms with Gasteiger partial charge < -0.3 is 31.3 Å². The minimum atomic E-state index is -0.667. The van der Waals surface area contributed by atoms with Crippen molar-refractivity contribution in [3.63, 3.8) is 0 Å². The Morgan fingerprint density at radius 3 is 2.68 bits per heavy atom. The maximum atomic E-state index is 12.1. The number of hydrogen-bond donors (Lipinski definition) is 4. The number of rotatable bonds is 10. The van der Waals surface area contributed by atoms with Crippen LogP contribution in [0.1, 0.15) is 17.3 Å². The highest BCUT2D eigenvalue weighted by atomic mass is 16.5. The molecule has 12 heteroatoms. The van der Waals surface area contributed by atoms with Gasteiger partial charge in [-0.05, 0) is 44.4 Å². The van der Waals surface area contributed by atoms with Gasteiger partial charge in [-0.1, -0.05) is 6.07 Å². The Kier molecular flexibility index (Phi) is 7.49. The molecule has 192 valence electrons. The number of likely N-dealkylation sites (N-methyl/N-ethyl adjacent to an activating group) is 1. The zero-order valence-corrected chi connectivity index (χ0v) is 21.1. The Labute approximate surface area is 213 Å². The number of anilines is 5. The standard InChI is InChI=1S/C25H29N9O3/c1-15(35)28-21-12-16(8-9-22(21)37-11-10-33(2)3)29-25-27-13-17(23(26)36)24(31-25)30-19-6-5-7-20-18(19)14-34(4)32-20/h5-9,12-14H,10-11H2,1-4H3,(H2,26,36)(H,28,35)(H2,27,29,30,31). The summed E-state index contributed by atoms with van der Waals surface area (Å²) in [6.45, 7) is 2.61. The highest BCUT2D eigenvalue weighted by Gasteiger charge is 2.15. The van der Waals surface area contributed by atoms with Crippen LogP contribution in [0.15, 0.2) is 48.8 Å². The summed E-state index contributed by atoms with van der Waals surface area (Å²) in [5.41, 5.74) is 8.33. The number of benzene rings is 2. The molecule has 4 rings (SSSR count). The van der Waals surface area contributed by atoms with Crippen molar-refractivity contribution in [1.82, 2.24) is 24.6 Å². The van der Waals surface area contributed by atoms with Crippen LogP contribution in [-0.4, -0.2) is 63.7 Å². The van der Waals surface area contributed by atoms with E-state index in [0.717, 1.165) is 17.4 Å². The minimum Gasteiger partial charge on any atom is -0.490 e. The monoisotopic (exact) mass is 503 g/mol. The molecule has 4 aromatic rings. The van der Waals surface area contributed by atoms with Gasteiger partial charge in [0.15, 0.2) is 0 Å². The van der Waals surface area contributed by atoms with Gasteiger partial charge in [0.2, 0.25) is 11.9 Å². The topological polar surface area (TPSA) is 152 Å². The van der Waals surface area contributed by atoms with Crippen LogP contribution in [0.4, 0.5) is 28.8 Å². The van der Waals surface area contributed by atoms with Crippen molar-refractivity contribution in [2.45, 2.75) is 6.92 Å². The lowest BCUT2D eigenvalue weighted by molar-refractivity contribution is -0.114. The molecule has 2 aromatic carbocycles. The van der Waals surface area contributed by atoms with Gasteiger partial charge >= 0.3 is 0 Å². The number of fused-ring (bicyclic) bond motifs is 1. The molecule has 0 atom stereocenters. The van der Waals surface area contributed by atoms with Gasteiger partial charge in [-0.3, -0.25) is 14.3 Å². The fourth-order valence-corrected chi connectivity index (χ4v) is 3.60. The van der Waals surface area contributed by atoms with E-state index in [1.165, 1.54) is 13.1 Å². The van der Waals surface area contributed by atoms with E-state index in [4.69, 9.17) is 10.5 Å². The van der Waals surface area contributed by atoms with Gasteiger partial charge in [-0.2, -0.15) is 10.1 Å². The second-order valence-electron chi connectivity index (χ2n) is 8.66. The van der Waals surface area contributed by atoms with Crippen LogP contribution in [-0.2, 0) is 11.8 Å². The van der Waals surface area contributed by atoms with E-state index in [1.807, 2.05) is 50.4 Å². The molecule has 37 heavy (non-hydrogen) atoms. The predicted octanol–water partition coefficient (Wildman–Crippen LogP) is 2.85. The van der Waals surface area contributed by atoms with E-state index in [0.29, 0.717) is 29.4 Å². The smallest absolute Gasteiger partial charge is 0.254 e. The van der Waals surface area contributed by atoms with Gasteiger partial charge in [-0.15, -0.1) is 0 Å². The number of carbonyl (C=O) groups excluding carboxylic acids is 2. The van der Waals surface area contributed by atoms with E-state index in [-0.39, 0.29) is 23.2 Å². The van der Waals surface area contributed by atoms with Crippen LogP contribution < -0.4 is 26.4 Å². The molecular formula is C25H29N9O3. The molecule has 0 fully saturated rings. The Bertz CT molecular complexity index is 1450. The molecule has 0 aliphatic carbocycles. The van der Waals surface area contributed by atoms with Gasteiger partial charge in [0.05, 0.1) is 16.9 Å². The summed E-state index contributed by atoms with van der Waals surface area (Å²) in [6.07, 6.45) is 3.23. The highest BCUT2D eigenvalue weighted by Crippen LogP contribution is 2.31. The van der Waals surface area contributed by atoms with Crippen molar-refractivity contribution in [1.29, 1.82) is 0 Å². The van der Waals surface area contributed by atoms with Crippen LogP contribution in [0, 0.1) is 0 Å². The lowest BCUT2D eigenvalue weighted by Gasteiger charge is -2.16. The number of nitrogens with one attached hydrogen (secondary N) is 3. The quantitative estimate of drug-likeness (QED) is 0.256. The van der Waals surface area contributed by atoms with Crippen LogP contribution in [0.2, 0.25) is 0 Å². The van der Waals surface area contributed by atoms with Crippen molar-refractivity contribution in [3.05, 3.63) is 54.4 Å². The first kappa shape index (κ1) is 25.4. The zero-order valence-electron chi connectivity index (χ0n) is 21.1. The number of carbonyl (C=O) groups is 2. The summed E-state index contributed by atoms with van der Waals surface area (Å²) in [7, 11) is 5.74. The third kappa shape index (κ3) is 6.30. The molecule has 5 N–H and O–H groups in total. The second kappa shape index (κ2) is 10.9. The molecule has 0 bridgehead atoms. The van der Waals surface area contributed by atoms with Gasteiger partial charge in [0.1, 0.15) is 23.7 Å². The Hall–Kier alpha value is -4.71. The maximum absolute atomic E-state index is 12.1. The van der Waals surface area contributed by atoms with Crippen LogP contribution >= 0.6 is 0 Å². The first-order chi connectivity index (χ1) is 17.7. The van der Waals surface area contributed by atoms with E-state index in [9.17, 15) is 9.59 Å². The van der Waals surface area contributed by atoms with E-state index >= 15 is 0 Å². The molecule has 2 heterocycles. The first-order valence-corrected chi connectivity index (χ1v) is 11.5. The molecule has 0 saturated carbocycles. The molecule has 0 aliphatic heterocycles. The Balaban J connectivity index is 1.62.